The molecule has 3 N–H and O–H groups in total. The fraction of sp³-hybridized carbons (Fsp3) is 0.750. The highest BCUT2D eigenvalue weighted by molar-refractivity contribution is 6.11. The zero-order valence-corrected chi connectivity index (χ0v) is 20.1. The number of anilines is 1. The number of methoxy groups -OCH3 is 1. The number of rotatable bonds is 9. The molecule has 0 spiro atoms. The Morgan fingerprint density at radius 1 is 1.12 bits per heavy atom. The van der Waals surface area contributed by atoms with Crippen LogP contribution < -0.4 is 16.0 Å². The molecule has 1 aromatic rings. The van der Waals surface area contributed by atoms with Gasteiger partial charge in [-0.15, -0.1) is 0 Å². The summed E-state index contributed by atoms with van der Waals surface area (Å²) < 4.78 is 10.6. The molecule has 4 rings (SSSR count). The van der Waals surface area contributed by atoms with Crippen LogP contribution in [0, 0.1) is 5.41 Å². The summed E-state index contributed by atoms with van der Waals surface area (Å²) in [4.78, 5) is 18.5. The molecule has 0 unspecified atom stereocenters. The number of nitrogens with zero attached hydrogens (tertiary/aromatic N) is 4. The second kappa shape index (κ2) is 11.9. The first-order valence-electron chi connectivity index (χ1n) is 12.3. The molecule has 182 valence electrons. The number of aromatic nitrogens is 2. The minimum absolute atomic E-state index is 0.244. The monoisotopic (exact) mass is 457 g/mol. The lowest BCUT2D eigenvalue weighted by atomic mass is 9.82. The van der Waals surface area contributed by atoms with Crippen LogP contribution in [-0.2, 0) is 9.47 Å². The molecular weight excluding hydrogens is 418 g/mol. The molecule has 1 aliphatic carbocycles. The molecule has 0 aromatic carbocycles. The molecule has 1 aromatic heterocycles. The van der Waals surface area contributed by atoms with Gasteiger partial charge in [0.05, 0.1) is 18.7 Å². The lowest BCUT2D eigenvalue weighted by Crippen LogP contribution is -2.43. The van der Waals surface area contributed by atoms with Crippen LogP contribution in [0.2, 0.25) is 0 Å². The van der Waals surface area contributed by atoms with E-state index in [2.05, 4.69) is 37.8 Å². The molecule has 2 aliphatic heterocycles. The number of amidine groups is 1. The maximum Gasteiger partial charge on any atom is 0.176 e. The van der Waals surface area contributed by atoms with Crippen LogP contribution >= 0.6 is 0 Å². The third-order valence-corrected chi connectivity index (χ3v) is 7.01. The van der Waals surface area contributed by atoms with Crippen LogP contribution in [0.25, 0.3) is 0 Å². The van der Waals surface area contributed by atoms with Crippen molar-refractivity contribution in [3.63, 3.8) is 0 Å². The van der Waals surface area contributed by atoms with Gasteiger partial charge in [-0.2, -0.15) is 0 Å². The maximum absolute atomic E-state index is 5.51. The molecule has 0 radical (unpaired) electrons. The van der Waals surface area contributed by atoms with Gasteiger partial charge in [-0.3, -0.25) is 4.99 Å². The first kappa shape index (κ1) is 24.0. The minimum atomic E-state index is 0.244. The van der Waals surface area contributed by atoms with E-state index in [9.17, 15) is 0 Å². The first-order valence-corrected chi connectivity index (χ1v) is 12.3. The van der Waals surface area contributed by atoms with Gasteiger partial charge in [0.1, 0.15) is 18.3 Å². The SMILES string of the molecule is COCCNC1CCC(NC2=NCN=C(c3nccc(NCC4(C)CCOCC4)n3)C2)CC1. The van der Waals surface area contributed by atoms with E-state index in [1.165, 1.54) is 12.8 Å². The Hall–Kier alpha value is -2.10. The number of ether oxygens (including phenoxy) is 2. The highest BCUT2D eigenvalue weighted by Gasteiger charge is 2.27. The van der Waals surface area contributed by atoms with Crippen molar-refractivity contribution in [3.8, 4) is 0 Å². The van der Waals surface area contributed by atoms with Crippen LogP contribution in [0.4, 0.5) is 5.82 Å². The van der Waals surface area contributed by atoms with Gasteiger partial charge in [0.25, 0.3) is 0 Å². The molecule has 33 heavy (non-hydrogen) atoms. The molecule has 1 saturated carbocycles. The predicted octanol–water partition coefficient (Wildman–Crippen LogP) is 2.39. The molecule has 3 aliphatic rings. The molecule has 0 amide bonds. The van der Waals surface area contributed by atoms with Gasteiger partial charge in [0.15, 0.2) is 5.82 Å². The maximum atomic E-state index is 5.51. The van der Waals surface area contributed by atoms with Crippen LogP contribution in [0.1, 0.15) is 57.7 Å². The highest BCUT2D eigenvalue weighted by atomic mass is 16.5. The summed E-state index contributed by atoms with van der Waals surface area (Å²) in [7, 11) is 1.75. The summed E-state index contributed by atoms with van der Waals surface area (Å²) in [5, 5.41) is 10.8. The van der Waals surface area contributed by atoms with Crippen molar-refractivity contribution in [2.75, 3.05) is 52.0 Å². The van der Waals surface area contributed by atoms with Crippen molar-refractivity contribution < 1.29 is 9.47 Å². The van der Waals surface area contributed by atoms with Gasteiger partial charge >= 0.3 is 0 Å². The van der Waals surface area contributed by atoms with Crippen molar-refractivity contribution in [1.29, 1.82) is 0 Å². The Kier molecular flexibility index (Phi) is 8.63. The van der Waals surface area contributed by atoms with Gasteiger partial charge in [0, 0.05) is 51.7 Å². The summed E-state index contributed by atoms with van der Waals surface area (Å²) in [5.41, 5.74) is 1.15. The van der Waals surface area contributed by atoms with Crippen molar-refractivity contribution >= 4 is 17.4 Å². The zero-order chi connectivity index (χ0) is 22.9. The number of nitrogens with one attached hydrogen (secondary N) is 3. The summed E-state index contributed by atoms with van der Waals surface area (Å²) in [6.07, 6.45) is 9.27. The summed E-state index contributed by atoms with van der Waals surface area (Å²) >= 11 is 0. The van der Waals surface area contributed by atoms with E-state index in [0.29, 0.717) is 31.0 Å². The number of aliphatic imine (C=N–C) groups is 2. The van der Waals surface area contributed by atoms with Crippen LogP contribution in [-0.4, -0.2) is 80.3 Å². The van der Waals surface area contributed by atoms with Gasteiger partial charge in [-0.1, -0.05) is 6.92 Å². The van der Waals surface area contributed by atoms with E-state index in [0.717, 1.165) is 76.0 Å². The molecule has 9 nitrogen and oxygen atoms in total. The van der Waals surface area contributed by atoms with Crippen LogP contribution in [0.3, 0.4) is 0 Å². The zero-order valence-electron chi connectivity index (χ0n) is 20.1. The van der Waals surface area contributed by atoms with Crippen molar-refractivity contribution in [3.05, 3.63) is 18.1 Å². The lowest BCUT2D eigenvalue weighted by molar-refractivity contribution is 0.0300. The minimum Gasteiger partial charge on any atom is -0.383 e. The van der Waals surface area contributed by atoms with Crippen molar-refractivity contribution in [1.82, 2.24) is 20.6 Å². The van der Waals surface area contributed by atoms with Crippen molar-refractivity contribution in [2.45, 2.75) is 64.0 Å². The third kappa shape index (κ3) is 7.19. The van der Waals surface area contributed by atoms with E-state index in [4.69, 9.17) is 14.5 Å². The third-order valence-electron chi connectivity index (χ3n) is 7.01. The first-order chi connectivity index (χ1) is 16.1. The molecule has 9 heteroatoms. The number of hydrogen-bond donors (Lipinski definition) is 3. The quantitative estimate of drug-likeness (QED) is 0.489. The van der Waals surface area contributed by atoms with Crippen LogP contribution in [0.5, 0.6) is 0 Å². The fourth-order valence-electron chi connectivity index (χ4n) is 4.71. The average molecular weight is 458 g/mol. The standard InChI is InChI=1S/C24H39N7O2/c1-24(8-12-33-13-9-24)16-27-21-7-10-26-23(31-21)20-15-22(29-17-28-20)30-19-5-3-18(4-6-19)25-11-14-32-2/h7,10,18-19,25H,3-6,8-9,11-17H2,1-2H3,(H,29,30)(H,26,27,31). The Balaban J connectivity index is 1.25. The second-order valence-corrected chi connectivity index (χ2v) is 9.71. The van der Waals surface area contributed by atoms with E-state index in [-0.39, 0.29) is 5.41 Å². The van der Waals surface area contributed by atoms with Gasteiger partial charge in [-0.05, 0) is 50.0 Å². The molecule has 2 fully saturated rings. The normalized spacial score (nSPS) is 25.2. The van der Waals surface area contributed by atoms with Gasteiger partial charge in [0.2, 0.25) is 0 Å². The van der Waals surface area contributed by atoms with E-state index in [1.807, 2.05) is 12.3 Å². The Bertz CT molecular complexity index is 815. The number of hydrogen-bond acceptors (Lipinski definition) is 9. The molecule has 0 bridgehead atoms. The fourth-order valence-corrected chi connectivity index (χ4v) is 4.71. The van der Waals surface area contributed by atoms with Gasteiger partial charge in [-0.25, -0.2) is 15.0 Å². The smallest absolute Gasteiger partial charge is 0.176 e. The summed E-state index contributed by atoms with van der Waals surface area (Å²) in [6.45, 7) is 7.00. The molecule has 3 heterocycles. The van der Waals surface area contributed by atoms with E-state index in [1.54, 1.807) is 7.11 Å². The van der Waals surface area contributed by atoms with E-state index < -0.39 is 0 Å². The predicted molar refractivity (Wildman–Crippen MR) is 131 cm³/mol. The lowest BCUT2D eigenvalue weighted by Gasteiger charge is -2.33. The topological polar surface area (TPSA) is 105 Å². The molecule has 1 saturated heterocycles. The van der Waals surface area contributed by atoms with Gasteiger partial charge < -0.3 is 25.4 Å². The Morgan fingerprint density at radius 2 is 1.91 bits per heavy atom. The Morgan fingerprint density at radius 3 is 2.70 bits per heavy atom. The Labute approximate surface area is 197 Å². The average Bonchev–Trinajstić information content (AvgIpc) is 2.85. The second-order valence-electron chi connectivity index (χ2n) is 9.71. The largest absolute Gasteiger partial charge is 0.383 e. The highest BCUT2D eigenvalue weighted by Crippen LogP contribution is 2.29. The van der Waals surface area contributed by atoms with Crippen LogP contribution in [0.15, 0.2) is 22.2 Å². The van der Waals surface area contributed by atoms with E-state index >= 15 is 0 Å². The summed E-state index contributed by atoms with van der Waals surface area (Å²) in [6, 6.07) is 3.00. The summed E-state index contributed by atoms with van der Waals surface area (Å²) in [5.74, 6) is 2.55. The van der Waals surface area contributed by atoms with Crippen molar-refractivity contribution in [2.24, 2.45) is 15.4 Å². The molecular formula is C24H39N7O2. The molecule has 0 atom stereocenters.